The first-order valence-corrected chi connectivity index (χ1v) is 7.35. The summed E-state index contributed by atoms with van der Waals surface area (Å²) in [7, 11) is 2.16. The lowest BCUT2D eigenvalue weighted by Gasteiger charge is -2.30. The summed E-state index contributed by atoms with van der Waals surface area (Å²) in [6.45, 7) is 5.01. The van der Waals surface area contributed by atoms with Gasteiger partial charge in [-0.3, -0.25) is 0 Å². The van der Waals surface area contributed by atoms with Crippen molar-refractivity contribution < 1.29 is 4.74 Å². The number of anilines is 1. The van der Waals surface area contributed by atoms with Crippen molar-refractivity contribution in [2.24, 2.45) is 11.7 Å². The number of rotatable bonds is 5. The van der Waals surface area contributed by atoms with Gasteiger partial charge in [-0.15, -0.1) is 0 Å². The Bertz CT molecular complexity index is 388. The van der Waals surface area contributed by atoms with Crippen molar-refractivity contribution in [1.29, 1.82) is 0 Å². The van der Waals surface area contributed by atoms with E-state index in [4.69, 9.17) is 10.5 Å². The zero-order valence-corrected chi connectivity index (χ0v) is 12.1. The molecule has 3 nitrogen and oxygen atoms in total. The van der Waals surface area contributed by atoms with Gasteiger partial charge in [-0.1, -0.05) is 25.1 Å². The van der Waals surface area contributed by atoms with Gasteiger partial charge in [0.15, 0.2) is 0 Å². The fraction of sp³-hybridized carbons (Fsp3) is 0.625. The molecule has 1 unspecified atom stereocenters. The SMILES string of the molecule is CC[C@H](N)c1ccccc1N(C)CC1CCCOC1. The highest BCUT2D eigenvalue weighted by atomic mass is 16.5. The Balaban J connectivity index is 2.07. The third kappa shape index (κ3) is 3.71. The van der Waals surface area contributed by atoms with E-state index < -0.39 is 0 Å². The first-order valence-electron chi connectivity index (χ1n) is 7.35. The summed E-state index contributed by atoms with van der Waals surface area (Å²) in [6, 6.07) is 8.62. The van der Waals surface area contributed by atoms with Crippen molar-refractivity contribution in [2.75, 3.05) is 31.7 Å². The molecule has 0 bridgehead atoms. The summed E-state index contributed by atoms with van der Waals surface area (Å²) in [5, 5.41) is 0. The summed E-state index contributed by atoms with van der Waals surface area (Å²) in [5.41, 5.74) is 8.73. The fourth-order valence-electron chi connectivity index (χ4n) is 2.81. The quantitative estimate of drug-likeness (QED) is 0.886. The Hall–Kier alpha value is -1.06. The van der Waals surface area contributed by atoms with Gasteiger partial charge in [0.25, 0.3) is 0 Å². The van der Waals surface area contributed by atoms with E-state index in [1.807, 2.05) is 0 Å². The van der Waals surface area contributed by atoms with Crippen LogP contribution < -0.4 is 10.6 Å². The van der Waals surface area contributed by atoms with E-state index in [-0.39, 0.29) is 6.04 Å². The number of para-hydroxylation sites is 1. The maximum absolute atomic E-state index is 6.21. The first-order chi connectivity index (χ1) is 9.22. The Kier molecular flexibility index (Phi) is 5.23. The van der Waals surface area contributed by atoms with Gasteiger partial charge in [-0.05, 0) is 36.8 Å². The zero-order valence-electron chi connectivity index (χ0n) is 12.1. The fourth-order valence-corrected chi connectivity index (χ4v) is 2.81. The molecule has 3 heteroatoms. The first kappa shape index (κ1) is 14.4. The molecule has 2 atom stereocenters. The van der Waals surface area contributed by atoms with Crippen molar-refractivity contribution in [2.45, 2.75) is 32.2 Å². The minimum Gasteiger partial charge on any atom is -0.381 e. The van der Waals surface area contributed by atoms with Gasteiger partial charge in [0.05, 0.1) is 6.61 Å². The molecule has 1 aromatic carbocycles. The van der Waals surface area contributed by atoms with E-state index in [2.05, 4.69) is 43.1 Å². The molecule has 2 rings (SSSR count). The number of hydrogen-bond acceptors (Lipinski definition) is 3. The number of benzene rings is 1. The standard InChI is InChI=1S/C16H26N2O/c1-3-15(17)14-8-4-5-9-16(14)18(2)11-13-7-6-10-19-12-13/h4-5,8-9,13,15H,3,6-7,10-12,17H2,1-2H3/t13?,15-/m0/s1. The Morgan fingerprint density at radius 1 is 1.42 bits per heavy atom. The summed E-state index contributed by atoms with van der Waals surface area (Å²) in [6.07, 6.45) is 3.43. The molecular weight excluding hydrogens is 236 g/mol. The smallest absolute Gasteiger partial charge is 0.0511 e. The molecule has 1 heterocycles. The molecule has 0 aromatic heterocycles. The topological polar surface area (TPSA) is 38.5 Å². The molecule has 1 fully saturated rings. The predicted octanol–water partition coefficient (Wildman–Crippen LogP) is 2.96. The van der Waals surface area contributed by atoms with Crippen LogP contribution in [0.3, 0.4) is 0 Å². The minimum atomic E-state index is 0.126. The van der Waals surface area contributed by atoms with Gasteiger partial charge < -0.3 is 15.4 Å². The second-order valence-electron chi connectivity index (χ2n) is 5.54. The predicted molar refractivity (Wildman–Crippen MR) is 80.5 cm³/mol. The van der Waals surface area contributed by atoms with Gasteiger partial charge in [0, 0.05) is 31.9 Å². The van der Waals surface area contributed by atoms with Crippen molar-refractivity contribution in [1.82, 2.24) is 0 Å². The molecule has 1 aliphatic heterocycles. The van der Waals surface area contributed by atoms with Gasteiger partial charge in [-0.2, -0.15) is 0 Å². The average molecular weight is 262 g/mol. The average Bonchev–Trinajstić information content (AvgIpc) is 2.47. The van der Waals surface area contributed by atoms with E-state index in [9.17, 15) is 0 Å². The molecule has 0 radical (unpaired) electrons. The second kappa shape index (κ2) is 6.92. The van der Waals surface area contributed by atoms with E-state index in [0.29, 0.717) is 5.92 Å². The van der Waals surface area contributed by atoms with Gasteiger partial charge in [0.1, 0.15) is 0 Å². The minimum absolute atomic E-state index is 0.126. The molecule has 106 valence electrons. The number of ether oxygens (including phenoxy) is 1. The van der Waals surface area contributed by atoms with Crippen LogP contribution in [-0.2, 0) is 4.74 Å². The number of nitrogens with two attached hydrogens (primary N) is 1. The number of nitrogens with zero attached hydrogens (tertiary/aromatic N) is 1. The van der Waals surface area contributed by atoms with Crippen LogP contribution in [0.2, 0.25) is 0 Å². The molecule has 0 amide bonds. The molecule has 1 aliphatic rings. The van der Waals surface area contributed by atoms with Gasteiger partial charge in [-0.25, -0.2) is 0 Å². The highest BCUT2D eigenvalue weighted by Gasteiger charge is 2.18. The van der Waals surface area contributed by atoms with E-state index in [1.165, 1.54) is 24.1 Å². The normalized spacial score (nSPS) is 21.1. The summed E-state index contributed by atoms with van der Waals surface area (Å²) in [4.78, 5) is 2.34. The number of hydrogen-bond donors (Lipinski definition) is 1. The van der Waals surface area contributed by atoms with Gasteiger partial charge >= 0.3 is 0 Å². The van der Waals surface area contributed by atoms with Crippen LogP contribution in [0.4, 0.5) is 5.69 Å². The summed E-state index contributed by atoms with van der Waals surface area (Å²) in [5.74, 6) is 0.643. The van der Waals surface area contributed by atoms with Gasteiger partial charge in [0.2, 0.25) is 0 Å². The molecular formula is C16H26N2O. The van der Waals surface area contributed by atoms with Crippen LogP contribution in [-0.4, -0.2) is 26.8 Å². The monoisotopic (exact) mass is 262 g/mol. The summed E-state index contributed by atoms with van der Waals surface area (Å²) >= 11 is 0. The Morgan fingerprint density at radius 2 is 2.21 bits per heavy atom. The van der Waals surface area contributed by atoms with Crippen LogP contribution in [0.5, 0.6) is 0 Å². The molecule has 0 saturated carbocycles. The molecule has 2 N–H and O–H groups in total. The van der Waals surface area contributed by atoms with Crippen LogP contribution >= 0.6 is 0 Å². The Labute approximate surface area is 116 Å². The van der Waals surface area contributed by atoms with Crippen LogP contribution in [0.15, 0.2) is 24.3 Å². The van der Waals surface area contributed by atoms with Crippen molar-refractivity contribution in [3.05, 3.63) is 29.8 Å². The third-order valence-corrected chi connectivity index (χ3v) is 3.97. The van der Waals surface area contributed by atoms with Crippen molar-refractivity contribution in [3.8, 4) is 0 Å². The Morgan fingerprint density at radius 3 is 2.89 bits per heavy atom. The van der Waals surface area contributed by atoms with Crippen LogP contribution in [0.1, 0.15) is 37.8 Å². The molecule has 0 aliphatic carbocycles. The molecule has 19 heavy (non-hydrogen) atoms. The van der Waals surface area contributed by atoms with Crippen molar-refractivity contribution >= 4 is 5.69 Å². The highest BCUT2D eigenvalue weighted by molar-refractivity contribution is 5.54. The second-order valence-corrected chi connectivity index (χ2v) is 5.54. The molecule has 0 spiro atoms. The van der Waals surface area contributed by atoms with Crippen molar-refractivity contribution in [3.63, 3.8) is 0 Å². The summed E-state index contributed by atoms with van der Waals surface area (Å²) < 4.78 is 5.57. The lowest BCUT2D eigenvalue weighted by molar-refractivity contribution is 0.0576. The molecule has 1 saturated heterocycles. The lowest BCUT2D eigenvalue weighted by atomic mass is 9.99. The highest BCUT2D eigenvalue weighted by Crippen LogP contribution is 2.27. The van der Waals surface area contributed by atoms with Crippen LogP contribution in [0, 0.1) is 5.92 Å². The van der Waals surface area contributed by atoms with E-state index >= 15 is 0 Å². The van der Waals surface area contributed by atoms with E-state index in [0.717, 1.165) is 26.2 Å². The lowest BCUT2D eigenvalue weighted by Crippen LogP contribution is -2.31. The third-order valence-electron chi connectivity index (χ3n) is 3.97. The molecule has 1 aromatic rings. The maximum atomic E-state index is 6.21. The maximum Gasteiger partial charge on any atom is 0.0511 e. The van der Waals surface area contributed by atoms with E-state index in [1.54, 1.807) is 0 Å². The largest absolute Gasteiger partial charge is 0.381 e. The van der Waals surface area contributed by atoms with Crippen LogP contribution in [0.25, 0.3) is 0 Å². The zero-order chi connectivity index (χ0) is 13.7.